The first kappa shape index (κ1) is 16.8. The van der Waals surface area contributed by atoms with Crippen molar-refractivity contribution in [3.05, 3.63) is 65.7 Å². The molecule has 1 aliphatic heterocycles. The van der Waals surface area contributed by atoms with Crippen molar-refractivity contribution >= 4 is 17.4 Å². The fourth-order valence-electron chi connectivity index (χ4n) is 2.79. The van der Waals surface area contributed by atoms with E-state index in [-0.39, 0.29) is 18.5 Å². The molecule has 0 aliphatic carbocycles. The topological polar surface area (TPSA) is 95.3 Å². The number of benzene rings is 2. The first-order valence-corrected chi connectivity index (χ1v) is 8.27. The molecule has 0 unspecified atom stereocenters. The normalized spacial score (nSPS) is 12.0. The molecule has 8 nitrogen and oxygen atoms in total. The van der Waals surface area contributed by atoms with Crippen molar-refractivity contribution in [1.82, 2.24) is 14.8 Å². The summed E-state index contributed by atoms with van der Waals surface area (Å²) in [6.45, 7) is 2.10. The van der Waals surface area contributed by atoms with Gasteiger partial charge in [-0.1, -0.05) is 12.1 Å². The van der Waals surface area contributed by atoms with E-state index in [4.69, 9.17) is 9.47 Å². The van der Waals surface area contributed by atoms with E-state index in [9.17, 15) is 9.59 Å². The Morgan fingerprint density at radius 3 is 2.56 bits per heavy atom. The Balaban J connectivity index is 1.53. The van der Waals surface area contributed by atoms with Gasteiger partial charge in [0.05, 0.1) is 12.2 Å². The van der Waals surface area contributed by atoms with Crippen molar-refractivity contribution in [2.45, 2.75) is 13.5 Å². The van der Waals surface area contributed by atoms with Crippen LogP contribution in [0.15, 0.2) is 49.1 Å². The van der Waals surface area contributed by atoms with Crippen LogP contribution in [0.3, 0.4) is 0 Å². The lowest BCUT2D eigenvalue weighted by atomic mass is 10.1. The Hall–Kier alpha value is -3.68. The number of amides is 1. The molecule has 1 aliphatic rings. The van der Waals surface area contributed by atoms with Crippen LogP contribution in [-0.4, -0.2) is 33.2 Å². The van der Waals surface area contributed by atoms with E-state index in [1.165, 1.54) is 13.3 Å². The fraction of sp³-hybridized carbons (Fsp3) is 0.158. The van der Waals surface area contributed by atoms with Crippen LogP contribution in [0.1, 0.15) is 33.2 Å². The number of nitrogens with zero attached hydrogens (tertiary/aromatic N) is 3. The number of fused-ring (bicyclic) bond motifs is 1. The first-order valence-electron chi connectivity index (χ1n) is 8.27. The molecule has 1 N–H and O–H groups in total. The van der Waals surface area contributed by atoms with Crippen LogP contribution >= 0.6 is 0 Å². The molecule has 136 valence electrons. The maximum Gasteiger partial charge on any atom is 0.255 e. The summed E-state index contributed by atoms with van der Waals surface area (Å²) in [5, 5.41) is 6.83. The maximum absolute atomic E-state index is 12.6. The Morgan fingerprint density at radius 1 is 1.15 bits per heavy atom. The van der Waals surface area contributed by atoms with Crippen LogP contribution < -0.4 is 14.8 Å². The molecule has 0 saturated heterocycles. The molecule has 2 aromatic carbocycles. The van der Waals surface area contributed by atoms with E-state index in [2.05, 4.69) is 15.4 Å². The van der Waals surface area contributed by atoms with Gasteiger partial charge in [0.25, 0.3) is 5.91 Å². The smallest absolute Gasteiger partial charge is 0.255 e. The second-order valence-electron chi connectivity index (χ2n) is 6.05. The number of carbonyl (C=O) groups excluding carboxylic acids is 2. The third-order valence-electron chi connectivity index (χ3n) is 4.17. The van der Waals surface area contributed by atoms with Gasteiger partial charge >= 0.3 is 0 Å². The van der Waals surface area contributed by atoms with Gasteiger partial charge in [-0.15, -0.1) is 0 Å². The molecule has 0 radical (unpaired) electrons. The molecule has 1 aromatic heterocycles. The average molecular weight is 364 g/mol. The number of ether oxygens (including phenoxy) is 2. The molecule has 0 saturated carbocycles. The highest BCUT2D eigenvalue weighted by atomic mass is 16.7. The summed E-state index contributed by atoms with van der Waals surface area (Å²) >= 11 is 0. The molecule has 4 rings (SSSR count). The summed E-state index contributed by atoms with van der Waals surface area (Å²) in [4.78, 5) is 28.4. The number of anilines is 1. The summed E-state index contributed by atoms with van der Waals surface area (Å²) in [5.74, 6) is 0.504. The third kappa shape index (κ3) is 3.50. The van der Waals surface area contributed by atoms with Crippen LogP contribution in [0.2, 0.25) is 0 Å². The van der Waals surface area contributed by atoms with Crippen LogP contribution in [-0.2, 0) is 6.54 Å². The molecule has 2 heterocycles. The van der Waals surface area contributed by atoms with E-state index in [1.807, 2.05) is 12.1 Å². The van der Waals surface area contributed by atoms with E-state index in [0.29, 0.717) is 34.9 Å². The lowest BCUT2D eigenvalue weighted by Gasteiger charge is -2.11. The number of ketones is 1. The summed E-state index contributed by atoms with van der Waals surface area (Å²) in [6.07, 6.45) is 3.10. The summed E-state index contributed by atoms with van der Waals surface area (Å²) < 4.78 is 12.3. The zero-order valence-electron chi connectivity index (χ0n) is 14.5. The SMILES string of the molecule is CC(=O)c1cc2c(cc1NC(=O)c1ccc(Cn3cncn3)cc1)OCO2. The van der Waals surface area contributed by atoms with E-state index in [1.54, 1.807) is 35.3 Å². The number of hydrogen-bond donors (Lipinski definition) is 1. The zero-order chi connectivity index (χ0) is 18.8. The lowest BCUT2D eigenvalue weighted by Crippen LogP contribution is -2.14. The van der Waals surface area contributed by atoms with Crippen molar-refractivity contribution in [3.8, 4) is 11.5 Å². The van der Waals surface area contributed by atoms with Crippen molar-refractivity contribution < 1.29 is 19.1 Å². The summed E-state index contributed by atoms with van der Waals surface area (Å²) in [6, 6.07) is 10.3. The lowest BCUT2D eigenvalue weighted by molar-refractivity contribution is 0.101. The summed E-state index contributed by atoms with van der Waals surface area (Å²) in [7, 11) is 0. The van der Waals surface area contributed by atoms with Gasteiger partial charge in [-0.3, -0.25) is 9.59 Å². The number of hydrogen-bond acceptors (Lipinski definition) is 6. The van der Waals surface area contributed by atoms with E-state index in [0.717, 1.165) is 5.56 Å². The number of nitrogens with one attached hydrogen (secondary N) is 1. The second kappa shape index (κ2) is 6.91. The minimum atomic E-state index is -0.316. The predicted molar refractivity (Wildman–Crippen MR) is 96.1 cm³/mol. The molecule has 3 aromatic rings. The van der Waals surface area contributed by atoms with Crippen molar-refractivity contribution in [3.63, 3.8) is 0 Å². The molecule has 0 spiro atoms. The Kier molecular flexibility index (Phi) is 4.29. The van der Waals surface area contributed by atoms with Gasteiger partial charge in [0.2, 0.25) is 6.79 Å². The van der Waals surface area contributed by atoms with Crippen LogP contribution in [0.5, 0.6) is 11.5 Å². The van der Waals surface area contributed by atoms with Gasteiger partial charge < -0.3 is 14.8 Å². The highest BCUT2D eigenvalue weighted by Gasteiger charge is 2.20. The Bertz CT molecular complexity index is 997. The minimum Gasteiger partial charge on any atom is -0.454 e. The summed E-state index contributed by atoms with van der Waals surface area (Å²) in [5.41, 5.74) is 2.23. The quantitative estimate of drug-likeness (QED) is 0.699. The van der Waals surface area contributed by atoms with Gasteiger partial charge in [0.15, 0.2) is 17.3 Å². The number of carbonyl (C=O) groups is 2. The van der Waals surface area contributed by atoms with Crippen LogP contribution in [0.25, 0.3) is 0 Å². The van der Waals surface area contributed by atoms with Gasteiger partial charge in [-0.25, -0.2) is 9.67 Å². The molecule has 0 bridgehead atoms. The number of rotatable bonds is 5. The monoisotopic (exact) mass is 364 g/mol. The second-order valence-corrected chi connectivity index (χ2v) is 6.05. The maximum atomic E-state index is 12.6. The molecule has 27 heavy (non-hydrogen) atoms. The molecule has 0 fully saturated rings. The molecule has 8 heteroatoms. The van der Waals surface area contributed by atoms with E-state index >= 15 is 0 Å². The number of Topliss-reactive ketones (excluding diaryl/α,β-unsaturated/α-hetero) is 1. The van der Waals surface area contributed by atoms with Gasteiger partial charge in [-0.05, 0) is 30.7 Å². The Morgan fingerprint density at radius 2 is 1.89 bits per heavy atom. The average Bonchev–Trinajstić information content (AvgIpc) is 3.32. The van der Waals surface area contributed by atoms with Crippen molar-refractivity contribution in [1.29, 1.82) is 0 Å². The predicted octanol–water partition coefficient (Wildman–Crippen LogP) is 2.51. The van der Waals surface area contributed by atoms with Gasteiger partial charge in [0.1, 0.15) is 12.7 Å². The largest absolute Gasteiger partial charge is 0.454 e. The van der Waals surface area contributed by atoms with Crippen LogP contribution in [0, 0.1) is 0 Å². The molecular weight excluding hydrogens is 348 g/mol. The highest BCUT2D eigenvalue weighted by molar-refractivity contribution is 6.09. The Labute approximate surface area is 154 Å². The van der Waals surface area contributed by atoms with Gasteiger partial charge in [-0.2, -0.15) is 5.10 Å². The highest BCUT2D eigenvalue weighted by Crippen LogP contribution is 2.37. The van der Waals surface area contributed by atoms with Crippen LogP contribution in [0.4, 0.5) is 5.69 Å². The molecule has 1 amide bonds. The van der Waals surface area contributed by atoms with Crippen molar-refractivity contribution in [2.75, 3.05) is 12.1 Å². The molecule has 0 atom stereocenters. The molecular formula is C19H16N4O4. The van der Waals surface area contributed by atoms with E-state index < -0.39 is 0 Å². The van der Waals surface area contributed by atoms with Crippen molar-refractivity contribution in [2.24, 2.45) is 0 Å². The minimum absolute atomic E-state index is 0.0946. The van der Waals surface area contributed by atoms with Gasteiger partial charge in [0, 0.05) is 17.2 Å². The standard InChI is InChI=1S/C19H16N4O4/c1-12(24)15-6-17-18(27-11-26-17)7-16(15)22-19(25)14-4-2-13(3-5-14)8-23-10-20-9-21-23/h2-7,9-10H,8,11H2,1H3,(H,22,25). The number of aromatic nitrogens is 3. The first-order chi connectivity index (χ1) is 13.1. The third-order valence-corrected chi connectivity index (χ3v) is 4.17. The fourth-order valence-corrected chi connectivity index (χ4v) is 2.79. The zero-order valence-corrected chi connectivity index (χ0v) is 14.5.